The molecule has 142 valence electrons. The van der Waals surface area contributed by atoms with Crippen molar-refractivity contribution >= 4 is 11.9 Å². The van der Waals surface area contributed by atoms with Gasteiger partial charge in [-0.05, 0) is 44.9 Å². The molecule has 0 aromatic carbocycles. The molecular weight excluding hydrogens is 314 g/mol. The monoisotopic (exact) mass is 349 g/mol. The summed E-state index contributed by atoms with van der Waals surface area (Å²) in [6.45, 7) is 7.06. The van der Waals surface area contributed by atoms with E-state index in [1.54, 1.807) is 0 Å². The van der Waals surface area contributed by atoms with Crippen LogP contribution in [0.3, 0.4) is 0 Å². The summed E-state index contributed by atoms with van der Waals surface area (Å²) >= 11 is 0. The highest BCUT2D eigenvalue weighted by atomic mass is 16.5. The minimum Gasteiger partial charge on any atom is -0.466 e. The number of carbonyl (C=O) groups excluding carboxylic acids is 1. The number of nitrogens with zero attached hydrogens (tertiary/aromatic N) is 2. The van der Waals surface area contributed by atoms with Crippen molar-refractivity contribution in [2.75, 3.05) is 26.2 Å². The zero-order valence-corrected chi connectivity index (χ0v) is 16.0. The van der Waals surface area contributed by atoms with Crippen LogP contribution in [-0.2, 0) is 9.53 Å². The number of rotatable bonds is 5. The highest BCUT2D eigenvalue weighted by Crippen LogP contribution is 2.44. The third kappa shape index (κ3) is 4.89. The number of ether oxygens (including phenoxy) is 1. The van der Waals surface area contributed by atoms with Crippen molar-refractivity contribution < 1.29 is 9.53 Å². The van der Waals surface area contributed by atoms with E-state index in [4.69, 9.17) is 9.73 Å². The molecule has 0 radical (unpaired) electrons. The van der Waals surface area contributed by atoms with Crippen molar-refractivity contribution in [3.05, 3.63) is 0 Å². The number of hydrogen-bond acceptors (Lipinski definition) is 3. The minimum atomic E-state index is -0.0244. The van der Waals surface area contributed by atoms with Crippen LogP contribution in [0.2, 0.25) is 0 Å². The van der Waals surface area contributed by atoms with Crippen LogP contribution in [0.4, 0.5) is 0 Å². The average Bonchev–Trinajstić information content (AvgIpc) is 3.42. The number of esters is 1. The van der Waals surface area contributed by atoms with Crippen molar-refractivity contribution in [2.45, 2.75) is 71.3 Å². The second-order valence-corrected chi connectivity index (χ2v) is 7.86. The molecule has 1 N–H and O–H groups in total. The molecule has 5 nitrogen and oxygen atoms in total. The number of piperidine rings is 1. The SMILES string of the molecule is CCN=C(NC1CC1C1CCCCC1)N1CCC(C(=O)OCC)CC1. The van der Waals surface area contributed by atoms with Gasteiger partial charge in [-0.25, -0.2) is 0 Å². The van der Waals surface area contributed by atoms with Gasteiger partial charge in [0.15, 0.2) is 5.96 Å². The van der Waals surface area contributed by atoms with Crippen LogP contribution in [0.25, 0.3) is 0 Å². The lowest BCUT2D eigenvalue weighted by Crippen LogP contribution is -2.48. The lowest BCUT2D eigenvalue weighted by molar-refractivity contribution is -0.149. The highest BCUT2D eigenvalue weighted by molar-refractivity contribution is 5.81. The molecule has 2 aliphatic carbocycles. The van der Waals surface area contributed by atoms with E-state index >= 15 is 0 Å². The third-order valence-electron chi connectivity index (χ3n) is 6.13. The lowest BCUT2D eigenvalue weighted by Gasteiger charge is -2.33. The number of nitrogens with one attached hydrogen (secondary N) is 1. The van der Waals surface area contributed by atoms with Gasteiger partial charge in [-0.1, -0.05) is 32.1 Å². The fraction of sp³-hybridized carbons (Fsp3) is 0.900. The van der Waals surface area contributed by atoms with E-state index in [9.17, 15) is 4.79 Å². The van der Waals surface area contributed by atoms with E-state index in [-0.39, 0.29) is 11.9 Å². The molecule has 0 amide bonds. The molecule has 2 atom stereocenters. The van der Waals surface area contributed by atoms with E-state index in [1.807, 2.05) is 6.92 Å². The van der Waals surface area contributed by atoms with E-state index < -0.39 is 0 Å². The van der Waals surface area contributed by atoms with Crippen LogP contribution in [0.1, 0.15) is 65.2 Å². The Balaban J connectivity index is 1.48. The second kappa shape index (κ2) is 8.91. The van der Waals surface area contributed by atoms with Crippen LogP contribution in [0.5, 0.6) is 0 Å². The molecule has 2 unspecified atom stereocenters. The second-order valence-electron chi connectivity index (χ2n) is 7.86. The average molecular weight is 350 g/mol. The maximum atomic E-state index is 11.9. The van der Waals surface area contributed by atoms with Gasteiger partial charge in [-0.3, -0.25) is 9.79 Å². The fourth-order valence-electron chi connectivity index (χ4n) is 4.60. The molecule has 0 aromatic heterocycles. The Morgan fingerprint density at radius 3 is 2.48 bits per heavy atom. The van der Waals surface area contributed by atoms with Crippen molar-refractivity contribution in [1.29, 1.82) is 0 Å². The summed E-state index contributed by atoms with van der Waals surface area (Å²) in [6, 6.07) is 0.621. The van der Waals surface area contributed by atoms with Crippen LogP contribution in [0, 0.1) is 17.8 Å². The Hall–Kier alpha value is -1.26. The molecule has 1 aliphatic heterocycles. The molecule has 3 aliphatic rings. The quantitative estimate of drug-likeness (QED) is 0.470. The summed E-state index contributed by atoms with van der Waals surface area (Å²) in [4.78, 5) is 19.0. The van der Waals surface area contributed by atoms with Crippen LogP contribution in [0.15, 0.2) is 4.99 Å². The van der Waals surface area contributed by atoms with Gasteiger partial charge in [0, 0.05) is 25.7 Å². The predicted octanol–water partition coefficient (Wildman–Crippen LogP) is 3.20. The summed E-state index contributed by atoms with van der Waals surface area (Å²) in [6.07, 6.45) is 10.2. The standard InChI is InChI=1S/C20H35N3O2/c1-3-21-20(22-18-14-17(18)15-8-6-5-7-9-15)23-12-10-16(11-13-23)19(24)25-4-2/h15-18H,3-14H2,1-2H3,(H,21,22). The Morgan fingerprint density at radius 2 is 1.84 bits per heavy atom. The Labute approximate surface area is 152 Å². The number of guanidine groups is 1. The van der Waals surface area contributed by atoms with Crippen LogP contribution in [-0.4, -0.2) is 49.1 Å². The van der Waals surface area contributed by atoms with Gasteiger partial charge in [-0.15, -0.1) is 0 Å². The largest absolute Gasteiger partial charge is 0.466 e. The zero-order chi connectivity index (χ0) is 17.6. The van der Waals surface area contributed by atoms with Crippen molar-refractivity contribution in [2.24, 2.45) is 22.7 Å². The first-order chi connectivity index (χ1) is 12.2. The third-order valence-corrected chi connectivity index (χ3v) is 6.13. The van der Waals surface area contributed by atoms with E-state index in [1.165, 1.54) is 38.5 Å². The summed E-state index contributed by atoms with van der Waals surface area (Å²) in [5.41, 5.74) is 0. The van der Waals surface area contributed by atoms with Gasteiger partial charge < -0.3 is 15.0 Å². The highest BCUT2D eigenvalue weighted by Gasteiger charge is 2.44. The number of likely N-dealkylation sites (tertiary alicyclic amines) is 1. The van der Waals surface area contributed by atoms with Crippen molar-refractivity contribution in [1.82, 2.24) is 10.2 Å². The molecule has 0 spiro atoms. The first-order valence-electron chi connectivity index (χ1n) is 10.5. The Bertz CT molecular complexity index is 466. The molecule has 0 bridgehead atoms. The minimum absolute atomic E-state index is 0.0244. The summed E-state index contributed by atoms with van der Waals surface area (Å²) in [5.74, 6) is 2.90. The summed E-state index contributed by atoms with van der Waals surface area (Å²) in [5, 5.41) is 3.74. The van der Waals surface area contributed by atoms with Gasteiger partial charge in [-0.2, -0.15) is 0 Å². The fourth-order valence-corrected chi connectivity index (χ4v) is 4.60. The zero-order valence-electron chi connectivity index (χ0n) is 16.0. The maximum Gasteiger partial charge on any atom is 0.309 e. The van der Waals surface area contributed by atoms with Gasteiger partial charge >= 0.3 is 5.97 Å². The molecule has 2 saturated carbocycles. The number of carbonyl (C=O) groups is 1. The normalized spacial score (nSPS) is 28.7. The predicted molar refractivity (Wildman–Crippen MR) is 101 cm³/mol. The van der Waals surface area contributed by atoms with Gasteiger partial charge in [0.2, 0.25) is 0 Å². The van der Waals surface area contributed by atoms with Crippen molar-refractivity contribution in [3.63, 3.8) is 0 Å². The lowest BCUT2D eigenvalue weighted by atomic mass is 9.85. The van der Waals surface area contributed by atoms with Crippen molar-refractivity contribution in [3.8, 4) is 0 Å². The molecule has 5 heteroatoms. The molecule has 1 heterocycles. The first kappa shape index (κ1) is 18.5. The molecular formula is C20H35N3O2. The van der Waals surface area contributed by atoms with E-state index in [0.29, 0.717) is 12.6 Å². The van der Waals surface area contributed by atoms with E-state index in [2.05, 4.69) is 17.1 Å². The molecule has 1 saturated heterocycles. The smallest absolute Gasteiger partial charge is 0.309 e. The maximum absolute atomic E-state index is 11.9. The Kier molecular flexibility index (Phi) is 6.60. The van der Waals surface area contributed by atoms with E-state index in [0.717, 1.165) is 50.3 Å². The van der Waals surface area contributed by atoms with Gasteiger partial charge in [0.05, 0.1) is 12.5 Å². The number of aliphatic imine (C=N–C) groups is 1. The van der Waals surface area contributed by atoms with Gasteiger partial charge in [0.25, 0.3) is 0 Å². The molecule has 3 rings (SSSR count). The summed E-state index contributed by atoms with van der Waals surface area (Å²) in [7, 11) is 0. The molecule has 0 aromatic rings. The molecule has 25 heavy (non-hydrogen) atoms. The topological polar surface area (TPSA) is 53.9 Å². The number of hydrogen-bond donors (Lipinski definition) is 1. The summed E-state index contributed by atoms with van der Waals surface area (Å²) < 4.78 is 5.18. The van der Waals surface area contributed by atoms with Gasteiger partial charge in [0.1, 0.15) is 0 Å². The van der Waals surface area contributed by atoms with Crippen LogP contribution < -0.4 is 5.32 Å². The first-order valence-corrected chi connectivity index (χ1v) is 10.5. The Morgan fingerprint density at radius 1 is 1.12 bits per heavy atom. The van der Waals surface area contributed by atoms with Crippen LogP contribution >= 0.6 is 0 Å². The molecule has 3 fully saturated rings.